The van der Waals surface area contributed by atoms with Crippen molar-refractivity contribution in [1.82, 2.24) is 0 Å². The third kappa shape index (κ3) is 7.91. The van der Waals surface area contributed by atoms with E-state index in [1.54, 1.807) is 0 Å². The first-order valence-electron chi connectivity index (χ1n) is 15.8. The Labute approximate surface area is 293 Å². The van der Waals surface area contributed by atoms with Crippen LogP contribution in [0, 0.1) is 0 Å². The van der Waals surface area contributed by atoms with Gasteiger partial charge in [-0.3, -0.25) is 4.79 Å². The average molecular weight is 739 g/mol. The van der Waals surface area contributed by atoms with Crippen LogP contribution in [-0.2, 0) is 14.2 Å². The summed E-state index contributed by atoms with van der Waals surface area (Å²) < 4.78 is 44.8. The van der Waals surface area contributed by atoms with E-state index in [0.29, 0.717) is 0 Å². The van der Waals surface area contributed by atoms with Crippen molar-refractivity contribution < 1.29 is 88.6 Å². The van der Waals surface area contributed by atoms with Gasteiger partial charge in [-0.25, -0.2) is 0 Å². The minimum absolute atomic E-state index is 0.0273. The van der Waals surface area contributed by atoms with E-state index in [2.05, 4.69) is 0 Å². The molecule has 0 bridgehead atoms. The van der Waals surface area contributed by atoms with E-state index in [-0.39, 0.29) is 73.8 Å². The van der Waals surface area contributed by atoms with Crippen LogP contribution in [0.4, 0.5) is 0 Å². The smallest absolute Gasteiger partial charge is 0.262 e. The molecule has 0 saturated heterocycles. The number of aliphatic hydroxyl groups is 9. The highest BCUT2D eigenvalue weighted by molar-refractivity contribution is 5.88. The number of benzene rings is 2. The van der Waals surface area contributed by atoms with Crippen LogP contribution < -0.4 is 24.4 Å². The van der Waals surface area contributed by atoms with E-state index in [0.717, 1.165) is 6.07 Å². The number of phenolic OH excluding ortho intramolecular Hbond substituents is 1. The minimum atomic E-state index is -2.03. The molecule has 284 valence electrons. The molecule has 2 aliphatic heterocycles. The summed E-state index contributed by atoms with van der Waals surface area (Å²) in [7, 11) is 0. The average Bonchev–Trinajstić information content (AvgIpc) is 3.13. The third-order valence-corrected chi connectivity index (χ3v) is 7.77. The van der Waals surface area contributed by atoms with Gasteiger partial charge in [0.2, 0.25) is 23.2 Å². The van der Waals surface area contributed by atoms with Gasteiger partial charge in [0.1, 0.15) is 60.6 Å². The third-order valence-electron chi connectivity index (χ3n) is 7.77. The van der Waals surface area contributed by atoms with Gasteiger partial charge >= 0.3 is 0 Å². The summed E-state index contributed by atoms with van der Waals surface area (Å²) in [6.45, 7) is -0.802. The Kier molecular flexibility index (Phi) is 12.2. The number of phenols is 1. The fourth-order valence-corrected chi connectivity index (χ4v) is 5.19. The molecule has 10 N–H and O–H groups in total. The van der Waals surface area contributed by atoms with Crippen molar-refractivity contribution in [1.29, 1.82) is 0 Å². The summed E-state index contributed by atoms with van der Waals surface area (Å²) in [5.74, 6) is -5.19. The van der Waals surface area contributed by atoms with Crippen LogP contribution in [-0.4, -0.2) is 134 Å². The zero-order valence-electron chi connectivity index (χ0n) is 27.4. The van der Waals surface area contributed by atoms with Crippen molar-refractivity contribution in [2.45, 2.75) is 43.9 Å². The molecule has 6 atom stereocenters. The number of fused-ring (bicyclic) bond motifs is 1. The molecule has 19 nitrogen and oxygen atoms in total. The molecule has 52 heavy (non-hydrogen) atoms. The lowest BCUT2D eigenvalue weighted by atomic mass is 10.1. The summed E-state index contributed by atoms with van der Waals surface area (Å²) in [6.07, 6.45) is -9.72. The monoisotopic (exact) mass is 738 g/mol. The summed E-state index contributed by atoms with van der Waals surface area (Å²) in [6, 6.07) is 6.51. The molecular formula is C33H38O19. The van der Waals surface area contributed by atoms with Crippen LogP contribution in [0.25, 0.3) is 22.3 Å². The maximum absolute atomic E-state index is 14.1. The highest BCUT2D eigenvalue weighted by atomic mass is 16.7. The summed E-state index contributed by atoms with van der Waals surface area (Å²) in [5, 5.41) is 100. The lowest BCUT2D eigenvalue weighted by molar-refractivity contribution is -0.233. The quantitative estimate of drug-likeness (QED) is 0.102. The topological polar surface area (TPSA) is 297 Å². The van der Waals surface area contributed by atoms with Gasteiger partial charge in [0.25, 0.3) is 6.29 Å². The van der Waals surface area contributed by atoms with E-state index in [9.17, 15) is 55.9 Å². The second-order valence-electron chi connectivity index (χ2n) is 11.3. The molecule has 0 saturated carbocycles. The van der Waals surface area contributed by atoms with E-state index in [4.69, 9.17) is 37.6 Å². The van der Waals surface area contributed by atoms with Crippen LogP contribution in [0.5, 0.6) is 28.7 Å². The largest absolute Gasteiger partial charge is 0.507 e. The molecule has 2 aliphatic rings. The standard InChI is InChI=1S/C33H38O19/c1-14-23(38)26(41)28(43)32(49-14)48-13-21-24(39)27(42)29(44)33(51-21)52-31-25(40)22-17(37)11-16(45-7-4-34)12-20(22)50-30(31)15-2-3-18(46-8-5-35)19(10-15)47-9-6-36/h2-3,10-12,14,21,23-24,32-39,41-44H,4-9,13H2,1H3/t14?,21?,23-,24?,32+,33-/m0/s1. The molecule has 3 aromatic rings. The van der Waals surface area contributed by atoms with Crippen molar-refractivity contribution >= 4 is 11.0 Å². The molecule has 0 fully saturated rings. The first kappa shape index (κ1) is 38.2. The lowest BCUT2D eigenvalue weighted by Crippen LogP contribution is -2.48. The number of hydrogen-bond acceptors (Lipinski definition) is 19. The molecule has 0 radical (unpaired) electrons. The highest BCUT2D eigenvalue weighted by Crippen LogP contribution is 2.40. The summed E-state index contributed by atoms with van der Waals surface area (Å²) in [4.78, 5) is 14.1. The van der Waals surface area contributed by atoms with Crippen LogP contribution in [0.2, 0.25) is 0 Å². The highest BCUT2D eigenvalue weighted by Gasteiger charge is 2.42. The second-order valence-corrected chi connectivity index (χ2v) is 11.3. The molecule has 2 aromatic carbocycles. The van der Waals surface area contributed by atoms with Crippen molar-refractivity contribution in [2.75, 3.05) is 46.2 Å². The lowest BCUT2D eigenvalue weighted by Gasteiger charge is -2.35. The van der Waals surface area contributed by atoms with Gasteiger partial charge in [-0.15, -0.1) is 0 Å². The molecule has 3 heterocycles. The molecule has 0 spiro atoms. The SMILES string of the molecule is CC1O[C@@H](OCC2O[C@@H](Oc3c(-c4ccc(OCCO)c(OCCO)c4)oc4cc(OCCO)cc(O)c4c3=O)C(O)=C(O)C2O)C(O)=C(O)[C@H]1O. The van der Waals surface area contributed by atoms with E-state index in [1.165, 1.54) is 31.2 Å². The predicted molar refractivity (Wildman–Crippen MR) is 173 cm³/mol. The van der Waals surface area contributed by atoms with Crippen molar-refractivity contribution in [3.8, 4) is 40.1 Å². The minimum Gasteiger partial charge on any atom is -0.507 e. The summed E-state index contributed by atoms with van der Waals surface area (Å²) in [5.41, 5.74) is -1.14. The number of ether oxygens (including phenoxy) is 7. The van der Waals surface area contributed by atoms with Gasteiger partial charge in [0.15, 0.2) is 34.5 Å². The van der Waals surface area contributed by atoms with Crippen molar-refractivity contribution in [3.05, 3.63) is 63.6 Å². The number of aromatic hydroxyl groups is 1. The van der Waals surface area contributed by atoms with E-state index >= 15 is 0 Å². The maximum atomic E-state index is 14.1. The van der Waals surface area contributed by atoms with Crippen LogP contribution >= 0.6 is 0 Å². The van der Waals surface area contributed by atoms with Crippen LogP contribution in [0.3, 0.4) is 0 Å². The second kappa shape index (κ2) is 16.6. The van der Waals surface area contributed by atoms with E-state index < -0.39 is 89.0 Å². The normalized spacial score (nSPS) is 23.6. The van der Waals surface area contributed by atoms with Gasteiger partial charge in [0.05, 0.1) is 32.5 Å². The molecule has 3 unspecified atom stereocenters. The molecular weight excluding hydrogens is 700 g/mol. The van der Waals surface area contributed by atoms with Gasteiger partial charge < -0.3 is 88.6 Å². The van der Waals surface area contributed by atoms with Crippen LogP contribution in [0.15, 0.2) is 62.6 Å². The molecule has 0 amide bonds. The molecule has 1 aromatic heterocycles. The van der Waals surface area contributed by atoms with Gasteiger partial charge in [-0.05, 0) is 25.1 Å². The Hall–Kier alpha value is -4.99. The Morgan fingerprint density at radius 1 is 0.731 bits per heavy atom. The molecule has 0 aliphatic carbocycles. The maximum Gasteiger partial charge on any atom is 0.262 e. The Morgan fingerprint density at radius 3 is 2.06 bits per heavy atom. The fourth-order valence-electron chi connectivity index (χ4n) is 5.19. The Morgan fingerprint density at radius 2 is 1.37 bits per heavy atom. The van der Waals surface area contributed by atoms with Gasteiger partial charge in [-0.2, -0.15) is 0 Å². The fraction of sp³-hybridized carbons (Fsp3) is 0.424. The van der Waals surface area contributed by atoms with Gasteiger partial charge in [0, 0.05) is 17.7 Å². The Balaban J connectivity index is 1.56. The zero-order valence-corrected chi connectivity index (χ0v) is 27.4. The van der Waals surface area contributed by atoms with Crippen LogP contribution in [0.1, 0.15) is 6.92 Å². The molecule has 19 heteroatoms. The predicted octanol–water partition coefficient (Wildman–Crippen LogP) is 0.521. The van der Waals surface area contributed by atoms with Gasteiger partial charge in [-0.1, -0.05) is 0 Å². The first-order chi connectivity index (χ1) is 24.9. The van der Waals surface area contributed by atoms with Crippen molar-refractivity contribution in [3.63, 3.8) is 0 Å². The Bertz CT molecular complexity index is 1850. The van der Waals surface area contributed by atoms with Crippen molar-refractivity contribution in [2.24, 2.45) is 0 Å². The first-order valence-corrected chi connectivity index (χ1v) is 15.8. The molecule has 5 rings (SSSR count). The number of rotatable bonds is 15. The number of aliphatic hydroxyl groups excluding tert-OH is 9. The van der Waals surface area contributed by atoms with E-state index in [1.807, 2.05) is 0 Å². The number of hydrogen-bond donors (Lipinski definition) is 10. The summed E-state index contributed by atoms with van der Waals surface area (Å²) >= 11 is 0. The zero-order chi connectivity index (χ0) is 37.7.